The molecule has 262 valence electrons. The molecule has 12 rings (SSSR count). The topological polar surface area (TPSA) is 21.3 Å². The van der Waals surface area contributed by atoms with Gasteiger partial charge >= 0.3 is 0 Å². The second-order valence-electron chi connectivity index (χ2n) is 14.5. The molecule has 3 heterocycles. The van der Waals surface area contributed by atoms with Crippen molar-refractivity contribution in [2.24, 2.45) is 0 Å². The summed E-state index contributed by atoms with van der Waals surface area (Å²) in [5.74, 6) is 0. The number of aromatic nitrogens is 1. The minimum atomic E-state index is 0.883. The van der Waals surface area contributed by atoms with Crippen LogP contribution in [0.25, 0.3) is 91.5 Å². The molecule has 56 heavy (non-hydrogen) atoms. The second-order valence-corrected chi connectivity index (χ2v) is 15.6. The zero-order valence-corrected chi connectivity index (χ0v) is 31.0. The molecule has 0 saturated heterocycles. The predicted molar refractivity (Wildman–Crippen MR) is 239 cm³/mol. The lowest BCUT2D eigenvalue weighted by atomic mass is 9.93. The van der Waals surface area contributed by atoms with Crippen LogP contribution in [0.15, 0.2) is 199 Å². The molecule has 0 unspecified atom stereocenters. The number of nitrogens with zero attached hydrogens (tertiary/aromatic N) is 2. The van der Waals surface area contributed by atoms with Crippen molar-refractivity contribution in [3.63, 3.8) is 0 Å². The van der Waals surface area contributed by atoms with Crippen LogP contribution < -0.4 is 4.90 Å². The lowest BCUT2D eigenvalue weighted by Gasteiger charge is -2.26. The molecule has 0 aliphatic heterocycles. The van der Waals surface area contributed by atoms with Crippen molar-refractivity contribution in [3.8, 4) is 16.8 Å². The van der Waals surface area contributed by atoms with Gasteiger partial charge in [-0.15, -0.1) is 11.3 Å². The molecule has 0 spiro atoms. The van der Waals surface area contributed by atoms with Crippen molar-refractivity contribution in [1.29, 1.82) is 0 Å². The van der Waals surface area contributed by atoms with Gasteiger partial charge in [-0.3, -0.25) is 0 Å². The summed E-state index contributed by atoms with van der Waals surface area (Å²) in [6.07, 6.45) is 0. The van der Waals surface area contributed by atoms with E-state index in [0.717, 1.165) is 55.7 Å². The van der Waals surface area contributed by atoms with Crippen LogP contribution in [0, 0.1) is 0 Å². The van der Waals surface area contributed by atoms with E-state index < -0.39 is 0 Å². The van der Waals surface area contributed by atoms with Crippen LogP contribution in [0.1, 0.15) is 0 Å². The smallest absolute Gasteiger partial charge is 0.138 e. The fourth-order valence-electron chi connectivity index (χ4n) is 8.87. The zero-order valence-electron chi connectivity index (χ0n) is 30.2. The van der Waals surface area contributed by atoms with Gasteiger partial charge in [0.25, 0.3) is 0 Å². The molecule has 0 atom stereocenters. The highest BCUT2D eigenvalue weighted by Gasteiger charge is 2.23. The van der Waals surface area contributed by atoms with E-state index in [2.05, 4.69) is 204 Å². The monoisotopic (exact) mass is 732 g/mol. The summed E-state index contributed by atoms with van der Waals surface area (Å²) in [5.41, 5.74) is 10.9. The van der Waals surface area contributed by atoms with Crippen LogP contribution in [0.5, 0.6) is 0 Å². The number of fused-ring (bicyclic) bond motifs is 10. The van der Waals surface area contributed by atoms with E-state index in [9.17, 15) is 0 Å². The summed E-state index contributed by atoms with van der Waals surface area (Å²) >= 11 is 1.85. The Labute approximate surface area is 326 Å². The van der Waals surface area contributed by atoms with Gasteiger partial charge in [0.1, 0.15) is 11.2 Å². The van der Waals surface area contributed by atoms with Crippen molar-refractivity contribution in [3.05, 3.63) is 194 Å². The van der Waals surface area contributed by atoms with Gasteiger partial charge in [-0.25, -0.2) is 0 Å². The van der Waals surface area contributed by atoms with Crippen molar-refractivity contribution in [2.45, 2.75) is 0 Å². The molecule has 4 heteroatoms. The lowest BCUT2D eigenvalue weighted by molar-refractivity contribution is 0.669. The maximum absolute atomic E-state index is 6.68. The predicted octanol–water partition coefficient (Wildman–Crippen LogP) is 15.3. The Kier molecular flexibility index (Phi) is 6.80. The summed E-state index contributed by atoms with van der Waals surface area (Å²) in [4.78, 5) is 2.36. The first-order chi connectivity index (χ1) is 27.8. The van der Waals surface area contributed by atoms with E-state index in [1.54, 1.807) is 0 Å². The molecule has 0 aliphatic carbocycles. The number of hydrogen-bond acceptors (Lipinski definition) is 3. The van der Waals surface area contributed by atoms with E-state index >= 15 is 0 Å². The van der Waals surface area contributed by atoms with Crippen LogP contribution in [0.3, 0.4) is 0 Å². The third-order valence-corrected chi connectivity index (χ3v) is 12.5. The largest absolute Gasteiger partial charge is 0.456 e. The molecule has 0 fully saturated rings. The van der Waals surface area contributed by atoms with Crippen LogP contribution in [-0.4, -0.2) is 4.57 Å². The Morgan fingerprint density at radius 3 is 1.96 bits per heavy atom. The molecule has 3 aromatic heterocycles. The van der Waals surface area contributed by atoms with E-state index in [0.29, 0.717) is 0 Å². The van der Waals surface area contributed by atoms with Crippen molar-refractivity contribution < 1.29 is 4.42 Å². The molecular weight excluding hydrogens is 701 g/mol. The lowest BCUT2D eigenvalue weighted by Crippen LogP contribution is -2.09. The highest BCUT2D eigenvalue weighted by atomic mass is 32.1. The first kappa shape index (κ1) is 31.2. The average molecular weight is 733 g/mol. The first-order valence-electron chi connectivity index (χ1n) is 19.0. The molecule has 9 aromatic carbocycles. The van der Waals surface area contributed by atoms with E-state index in [1.807, 2.05) is 11.3 Å². The first-order valence-corrected chi connectivity index (χ1v) is 19.8. The maximum atomic E-state index is 6.68. The van der Waals surface area contributed by atoms with Crippen molar-refractivity contribution in [2.75, 3.05) is 4.90 Å². The SMILES string of the molecule is c1ccc(N(c2ccc(-n3c4ccccc4c4c(-c5ccc6ccccc6c5)c5c(cc43)oc3ccccc35)cc2)c2ccc3sc4ccccc4c3c2)cc1. The van der Waals surface area contributed by atoms with Crippen LogP contribution >= 0.6 is 11.3 Å². The van der Waals surface area contributed by atoms with Gasteiger partial charge in [0.05, 0.1) is 11.0 Å². The van der Waals surface area contributed by atoms with Crippen LogP contribution in [-0.2, 0) is 0 Å². The Morgan fingerprint density at radius 1 is 0.411 bits per heavy atom. The normalized spacial score (nSPS) is 11.9. The average Bonchev–Trinajstić information content (AvgIpc) is 3.93. The summed E-state index contributed by atoms with van der Waals surface area (Å²) in [6.45, 7) is 0. The maximum Gasteiger partial charge on any atom is 0.138 e. The summed E-state index contributed by atoms with van der Waals surface area (Å²) in [7, 11) is 0. The molecule has 0 radical (unpaired) electrons. The quantitative estimate of drug-likeness (QED) is 0.176. The van der Waals surface area contributed by atoms with Gasteiger partial charge in [-0.05, 0) is 95.2 Å². The van der Waals surface area contributed by atoms with Crippen LogP contribution in [0.4, 0.5) is 17.1 Å². The van der Waals surface area contributed by atoms with Gasteiger partial charge < -0.3 is 13.9 Å². The third kappa shape index (κ3) is 4.70. The molecule has 0 N–H and O–H groups in total. The molecule has 3 nitrogen and oxygen atoms in total. The Balaban J connectivity index is 1.08. The minimum absolute atomic E-state index is 0.883. The van der Waals surface area contributed by atoms with Gasteiger partial charge in [0.2, 0.25) is 0 Å². The fraction of sp³-hybridized carbons (Fsp3) is 0. The minimum Gasteiger partial charge on any atom is -0.456 e. The van der Waals surface area contributed by atoms with Crippen molar-refractivity contribution >= 4 is 103 Å². The van der Waals surface area contributed by atoms with Gasteiger partial charge in [0, 0.05) is 76.1 Å². The van der Waals surface area contributed by atoms with Gasteiger partial charge in [0.15, 0.2) is 0 Å². The number of benzene rings is 9. The van der Waals surface area contributed by atoms with Crippen LogP contribution in [0.2, 0.25) is 0 Å². The summed E-state index contributed by atoms with van der Waals surface area (Å²) in [5, 5.41) is 9.74. The number of rotatable bonds is 5. The van der Waals surface area contributed by atoms with E-state index in [4.69, 9.17) is 4.42 Å². The van der Waals surface area contributed by atoms with E-state index in [-0.39, 0.29) is 0 Å². The fourth-order valence-corrected chi connectivity index (χ4v) is 9.96. The number of furan rings is 1. The number of thiophene rings is 1. The number of para-hydroxylation sites is 3. The van der Waals surface area contributed by atoms with Gasteiger partial charge in [-0.2, -0.15) is 0 Å². The molecule has 0 bridgehead atoms. The molecule has 0 amide bonds. The van der Waals surface area contributed by atoms with Crippen molar-refractivity contribution in [1.82, 2.24) is 4.57 Å². The standard InChI is InChI=1S/C52H32N2OS/c1-2-14-36(15-3-1)53(39-28-29-49-43(31-39)40-16-8-11-21-48(40)56-49)37-24-26-38(27-25-37)54-44-19-9-6-17-41(44)51-45(54)32-47-52(42-18-7-10-20-46(42)55-47)50(51)35-23-22-33-12-4-5-13-34(33)30-35/h1-32H. The summed E-state index contributed by atoms with van der Waals surface area (Å²) in [6, 6.07) is 70.2. The third-order valence-electron chi connectivity index (χ3n) is 11.3. The number of hydrogen-bond donors (Lipinski definition) is 0. The highest BCUT2D eigenvalue weighted by Crippen LogP contribution is 2.47. The van der Waals surface area contributed by atoms with Gasteiger partial charge in [-0.1, -0.05) is 109 Å². The number of anilines is 3. The molecule has 12 aromatic rings. The highest BCUT2D eigenvalue weighted by molar-refractivity contribution is 7.25. The van der Waals surface area contributed by atoms with E-state index in [1.165, 1.54) is 52.8 Å². The zero-order chi connectivity index (χ0) is 36.7. The molecular formula is C52H32N2OS. The molecule has 0 aliphatic rings. The molecule has 0 saturated carbocycles. The Hall–Kier alpha value is -7.14. The Bertz CT molecular complexity index is 3480. The Morgan fingerprint density at radius 2 is 1.09 bits per heavy atom. The second kappa shape index (κ2) is 12.2. The summed E-state index contributed by atoms with van der Waals surface area (Å²) < 4.78 is 11.7.